The number of methoxy groups -OCH3 is 1. The smallest absolute Gasteiger partial charge is 0.252 e. The van der Waals surface area contributed by atoms with Crippen molar-refractivity contribution in [3.8, 4) is 11.5 Å². The summed E-state index contributed by atoms with van der Waals surface area (Å²) in [7, 11) is -0.706. The molecule has 7 nitrogen and oxygen atoms in total. The minimum atomic E-state index is -3.63. The van der Waals surface area contributed by atoms with Crippen molar-refractivity contribution in [2.75, 3.05) is 33.9 Å². The van der Waals surface area contributed by atoms with Gasteiger partial charge in [0, 0.05) is 7.05 Å². The number of carbonyl (C=O) groups is 1. The lowest BCUT2D eigenvalue weighted by atomic mass is 10.3. The van der Waals surface area contributed by atoms with Crippen LogP contribution in [0.15, 0.2) is 46.0 Å². The normalized spacial score (nSPS) is 11.3. The minimum Gasteiger partial charge on any atom is -0.493 e. The molecule has 0 spiro atoms. The number of benzene rings is 1. The highest BCUT2D eigenvalue weighted by Crippen LogP contribution is 2.25. The average Bonchev–Trinajstić information content (AvgIpc) is 3.14. The fourth-order valence-electron chi connectivity index (χ4n) is 2.00. The Bertz CT molecular complexity index is 791. The molecule has 2 aromatic rings. The van der Waals surface area contributed by atoms with Gasteiger partial charge in [-0.1, -0.05) is 18.2 Å². The molecule has 9 heteroatoms. The van der Waals surface area contributed by atoms with Crippen molar-refractivity contribution in [2.45, 2.75) is 4.21 Å². The second-order valence-electron chi connectivity index (χ2n) is 5.04. The fraction of sp³-hybridized carbons (Fsp3) is 0.312. The van der Waals surface area contributed by atoms with Crippen LogP contribution in [0.2, 0.25) is 0 Å². The van der Waals surface area contributed by atoms with Crippen molar-refractivity contribution in [2.24, 2.45) is 0 Å². The van der Waals surface area contributed by atoms with E-state index >= 15 is 0 Å². The van der Waals surface area contributed by atoms with E-state index < -0.39 is 15.9 Å². The Balaban J connectivity index is 1.77. The molecule has 0 aliphatic rings. The van der Waals surface area contributed by atoms with Gasteiger partial charge >= 0.3 is 0 Å². The molecule has 0 aliphatic carbocycles. The van der Waals surface area contributed by atoms with Gasteiger partial charge in [0.2, 0.25) is 5.91 Å². The number of thiophene rings is 1. The van der Waals surface area contributed by atoms with Crippen molar-refractivity contribution >= 4 is 27.3 Å². The highest BCUT2D eigenvalue weighted by molar-refractivity contribution is 7.91. The van der Waals surface area contributed by atoms with E-state index in [1.54, 1.807) is 30.7 Å². The molecule has 2 rings (SSSR count). The second-order valence-corrected chi connectivity index (χ2v) is 8.26. The molecule has 0 bridgehead atoms. The molecular formula is C16H20N2O5S2. The molecule has 1 aromatic carbocycles. The summed E-state index contributed by atoms with van der Waals surface area (Å²) in [5.41, 5.74) is 0. The van der Waals surface area contributed by atoms with Gasteiger partial charge in [-0.3, -0.25) is 4.79 Å². The molecule has 0 saturated carbocycles. The van der Waals surface area contributed by atoms with Gasteiger partial charge in [-0.2, -0.15) is 4.31 Å². The second kappa shape index (κ2) is 8.84. The molecule has 0 unspecified atom stereocenters. The van der Waals surface area contributed by atoms with Crippen molar-refractivity contribution in [1.29, 1.82) is 0 Å². The van der Waals surface area contributed by atoms with E-state index in [0.717, 1.165) is 15.6 Å². The van der Waals surface area contributed by atoms with E-state index in [9.17, 15) is 13.2 Å². The van der Waals surface area contributed by atoms with Crippen molar-refractivity contribution in [3.05, 3.63) is 41.8 Å². The highest BCUT2D eigenvalue weighted by Gasteiger charge is 2.23. The number of amides is 1. The first-order valence-electron chi connectivity index (χ1n) is 7.47. The van der Waals surface area contributed by atoms with Crippen LogP contribution < -0.4 is 14.8 Å². The topological polar surface area (TPSA) is 84.9 Å². The average molecular weight is 384 g/mol. The van der Waals surface area contributed by atoms with E-state index in [2.05, 4.69) is 5.32 Å². The van der Waals surface area contributed by atoms with Crippen LogP contribution in [0.1, 0.15) is 0 Å². The quantitative estimate of drug-likeness (QED) is 0.664. The Morgan fingerprint density at radius 1 is 1.20 bits per heavy atom. The van der Waals surface area contributed by atoms with Crippen LogP contribution in [0, 0.1) is 0 Å². The monoisotopic (exact) mass is 384 g/mol. The number of rotatable bonds is 9. The van der Waals surface area contributed by atoms with Gasteiger partial charge in [0.15, 0.2) is 11.5 Å². The number of nitrogens with one attached hydrogen (secondary N) is 1. The summed E-state index contributed by atoms with van der Waals surface area (Å²) in [4.78, 5) is 11.9. The van der Waals surface area contributed by atoms with E-state index in [4.69, 9.17) is 9.47 Å². The number of para-hydroxylation sites is 2. The summed E-state index contributed by atoms with van der Waals surface area (Å²) >= 11 is 1.11. The Hall–Kier alpha value is -2.10. The lowest BCUT2D eigenvalue weighted by molar-refractivity contribution is -0.121. The van der Waals surface area contributed by atoms with Crippen LogP contribution in [-0.2, 0) is 14.8 Å². The molecule has 1 amide bonds. The first-order valence-corrected chi connectivity index (χ1v) is 9.79. The summed E-state index contributed by atoms with van der Waals surface area (Å²) in [5, 5.41) is 4.31. The maximum Gasteiger partial charge on any atom is 0.252 e. The summed E-state index contributed by atoms with van der Waals surface area (Å²) in [6.07, 6.45) is 0. The van der Waals surface area contributed by atoms with Gasteiger partial charge in [-0.05, 0) is 23.6 Å². The lowest BCUT2D eigenvalue weighted by Crippen LogP contribution is -2.39. The zero-order chi connectivity index (χ0) is 18.3. The SMILES string of the molecule is COc1ccccc1OCCNC(=O)CN(C)S(=O)(=O)c1cccs1. The largest absolute Gasteiger partial charge is 0.493 e. The molecular weight excluding hydrogens is 364 g/mol. The molecule has 0 aliphatic heterocycles. The highest BCUT2D eigenvalue weighted by atomic mass is 32.2. The number of carbonyl (C=O) groups excluding carboxylic acids is 1. The Labute approximate surface area is 151 Å². The first-order chi connectivity index (χ1) is 11.9. The van der Waals surface area contributed by atoms with E-state index in [1.165, 1.54) is 13.1 Å². The van der Waals surface area contributed by atoms with Crippen molar-refractivity contribution in [3.63, 3.8) is 0 Å². The maximum absolute atomic E-state index is 12.2. The minimum absolute atomic E-state index is 0.210. The van der Waals surface area contributed by atoms with Crippen LogP contribution >= 0.6 is 11.3 Å². The fourth-order valence-corrected chi connectivity index (χ4v) is 4.32. The number of likely N-dealkylation sites (N-methyl/N-ethyl adjacent to an activating group) is 1. The van der Waals surface area contributed by atoms with Gasteiger partial charge in [0.25, 0.3) is 10.0 Å². The molecule has 136 valence electrons. The summed E-state index contributed by atoms with van der Waals surface area (Å²) in [5.74, 6) is 0.790. The van der Waals surface area contributed by atoms with Crippen molar-refractivity contribution in [1.82, 2.24) is 9.62 Å². The third-order valence-corrected chi connectivity index (χ3v) is 6.45. The number of hydrogen-bond acceptors (Lipinski definition) is 6. The predicted molar refractivity (Wildman–Crippen MR) is 95.6 cm³/mol. The Morgan fingerprint density at radius 3 is 2.56 bits per heavy atom. The molecule has 1 N–H and O–H groups in total. The molecule has 0 radical (unpaired) electrons. The summed E-state index contributed by atoms with van der Waals surface area (Å²) in [6, 6.07) is 10.4. The van der Waals surface area contributed by atoms with Crippen LogP contribution in [0.25, 0.3) is 0 Å². The van der Waals surface area contributed by atoms with E-state index in [1.807, 2.05) is 12.1 Å². The van der Waals surface area contributed by atoms with Crippen molar-refractivity contribution < 1.29 is 22.7 Å². The summed E-state index contributed by atoms with van der Waals surface area (Å²) < 4.78 is 36.4. The van der Waals surface area contributed by atoms with Crippen LogP contribution in [0.5, 0.6) is 11.5 Å². The first kappa shape index (κ1) is 19.2. The predicted octanol–water partition coefficient (Wildman–Crippen LogP) is 1.57. The van der Waals surface area contributed by atoms with E-state index in [0.29, 0.717) is 11.5 Å². The zero-order valence-corrected chi connectivity index (χ0v) is 15.6. The van der Waals surface area contributed by atoms with Gasteiger partial charge in [0.1, 0.15) is 10.8 Å². The zero-order valence-electron chi connectivity index (χ0n) is 14.0. The number of hydrogen-bond donors (Lipinski definition) is 1. The van der Waals surface area contributed by atoms with Gasteiger partial charge in [0.05, 0.1) is 20.2 Å². The van der Waals surface area contributed by atoms with Crippen LogP contribution in [-0.4, -0.2) is 52.5 Å². The van der Waals surface area contributed by atoms with Crippen LogP contribution in [0.4, 0.5) is 0 Å². The summed E-state index contributed by atoms with van der Waals surface area (Å²) in [6.45, 7) is 0.242. The number of nitrogens with zero attached hydrogens (tertiary/aromatic N) is 1. The van der Waals surface area contributed by atoms with Gasteiger partial charge < -0.3 is 14.8 Å². The molecule has 0 fully saturated rings. The molecule has 0 saturated heterocycles. The Kier molecular flexibility index (Phi) is 6.80. The van der Waals surface area contributed by atoms with E-state index in [-0.39, 0.29) is 23.9 Å². The number of sulfonamides is 1. The molecule has 0 atom stereocenters. The molecule has 1 heterocycles. The Morgan fingerprint density at radius 2 is 1.92 bits per heavy atom. The van der Waals surface area contributed by atoms with Crippen LogP contribution in [0.3, 0.4) is 0 Å². The third kappa shape index (κ3) is 5.18. The standard InChI is InChI=1S/C16H20N2O5S2/c1-18(25(20,21)16-8-5-11-24-16)12-15(19)17-9-10-23-14-7-4-3-6-13(14)22-2/h3-8,11H,9-10,12H2,1-2H3,(H,17,19). The third-order valence-electron chi connectivity index (χ3n) is 3.28. The molecule has 25 heavy (non-hydrogen) atoms. The van der Waals surface area contributed by atoms with Gasteiger partial charge in [-0.25, -0.2) is 8.42 Å². The molecule has 1 aromatic heterocycles. The lowest BCUT2D eigenvalue weighted by Gasteiger charge is -2.16. The van der Waals surface area contributed by atoms with Gasteiger partial charge in [-0.15, -0.1) is 11.3 Å². The maximum atomic E-state index is 12.2. The number of ether oxygens (including phenoxy) is 2.